The van der Waals surface area contributed by atoms with Gasteiger partial charge in [0, 0.05) is 23.7 Å². The molecule has 1 aromatic carbocycles. The van der Waals surface area contributed by atoms with E-state index in [0.29, 0.717) is 23.2 Å². The summed E-state index contributed by atoms with van der Waals surface area (Å²) in [6.07, 6.45) is 2.94. The van der Waals surface area contributed by atoms with Crippen LogP contribution in [0.2, 0.25) is 0 Å². The first kappa shape index (κ1) is 15.7. The first-order valence-electron chi connectivity index (χ1n) is 8.11. The second-order valence-corrected chi connectivity index (χ2v) is 6.46. The summed E-state index contributed by atoms with van der Waals surface area (Å²) in [6.45, 7) is 3.83. The third-order valence-electron chi connectivity index (χ3n) is 4.50. The van der Waals surface area contributed by atoms with Crippen LogP contribution in [0.4, 0.5) is 11.4 Å². The van der Waals surface area contributed by atoms with Gasteiger partial charge in [0.05, 0.1) is 4.92 Å². The highest BCUT2D eigenvalue weighted by molar-refractivity contribution is 5.96. The van der Waals surface area contributed by atoms with Crippen LogP contribution in [0.25, 0.3) is 0 Å². The van der Waals surface area contributed by atoms with Crippen molar-refractivity contribution in [3.05, 3.63) is 33.9 Å². The highest BCUT2D eigenvalue weighted by Gasteiger charge is 2.27. The number of carbonyl (C=O) groups excluding carboxylic acids is 1. The van der Waals surface area contributed by atoms with Crippen molar-refractivity contribution in [3.8, 4) is 0 Å². The standard InChI is InChI=1S/C16H22N4O3/c1-10-9-17-7-6-13(10)19-16(21)11-2-5-14(18-12-3-4-12)15(8-11)20(22)23/h2,5,8,10,12-13,17-18H,3-4,6-7,9H2,1H3,(H,19,21). The Bertz CT molecular complexity index is 615. The van der Waals surface area contributed by atoms with Gasteiger partial charge >= 0.3 is 0 Å². The number of hydrogen-bond acceptors (Lipinski definition) is 5. The molecule has 1 saturated heterocycles. The van der Waals surface area contributed by atoms with Crippen molar-refractivity contribution in [2.75, 3.05) is 18.4 Å². The topological polar surface area (TPSA) is 96.3 Å². The smallest absolute Gasteiger partial charge is 0.293 e. The van der Waals surface area contributed by atoms with Gasteiger partial charge in [0.1, 0.15) is 5.69 Å². The Morgan fingerprint density at radius 2 is 2.13 bits per heavy atom. The van der Waals surface area contributed by atoms with Crippen molar-refractivity contribution in [3.63, 3.8) is 0 Å². The van der Waals surface area contributed by atoms with Crippen LogP contribution < -0.4 is 16.0 Å². The molecule has 2 aliphatic rings. The number of nitrogens with one attached hydrogen (secondary N) is 3. The predicted octanol–water partition coefficient (Wildman–Crippen LogP) is 1.90. The zero-order valence-corrected chi connectivity index (χ0v) is 13.2. The maximum absolute atomic E-state index is 12.4. The Hall–Kier alpha value is -2.15. The summed E-state index contributed by atoms with van der Waals surface area (Å²) >= 11 is 0. The molecule has 1 aliphatic carbocycles. The molecule has 3 N–H and O–H groups in total. The number of benzene rings is 1. The van der Waals surface area contributed by atoms with Crippen LogP contribution in [0.5, 0.6) is 0 Å². The normalized spacial score (nSPS) is 24.0. The molecule has 2 unspecified atom stereocenters. The molecule has 7 heteroatoms. The number of rotatable bonds is 5. The van der Waals surface area contributed by atoms with Crippen molar-refractivity contribution in [2.45, 2.75) is 38.3 Å². The lowest BCUT2D eigenvalue weighted by Crippen LogP contribution is -2.48. The highest BCUT2D eigenvalue weighted by Crippen LogP contribution is 2.31. The van der Waals surface area contributed by atoms with Gasteiger partial charge in [-0.05, 0) is 50.4 Å². The molecule has 23 heavy (non-hydrogen) atoms. The predicted molar refractivity (Wildman–Crippen MR) is 87.6 cm³/mol. The van der Waals surface area contributed by atoms with E-state index < -0.39 is 4.92 Å². The molecular weight excluding hydrogens is 296 g/mol. The Balaban J connectivity index is 1.74. The summed E-state index contributed by atoms with van der Waals surface area (Å²) in [5.41, 5.74) is 0.788. The molecule has 1 aliphatic heterocycles. The summed E-state index contributed by atoms with van der Waals surface area (Å²) in [7, 11) is 0. The molecule has 0 spiro atoms. The minimum Gasteiger partial charge on any atom is -0.377 e. The molecule has 3 rings (SSSR count). The molecule has 1 heterocycles. The molecule has 1 amide bonds. The second kappa shape index (κ2) is 6.54. The van der Waals surface area contributed by atoms with Crippen LogP contribution in [0.3, 0.4) is 0 Å². The van der Waals surface area contributed by atoms with Crippen LogP contribution in [0.1, 0.15) is 36.5 Å². The van der Waals surface area contributed by atoms with Crippen LogP contribution >= 0.6 is 0 Å². The summed E-state index contributed by atoms with van der Waals surface area (Å²) in [5, 5.41) is 20.7. The van der Waals surface area contributed by atoms with E-state index in [2.05, 4.69) is 22.9 Å². The van der Waals surface area contributed by atoms with E-state index in [4.69, 9.17) is 0 Å². The van der Waals surface area contributed by atoms with E-state index in [1.807, 2.05) is 0 Å². The summed E-state index contributed by atoms with van der Waals surface area (Å²) < 4.78 is 0. The average molecular weight is 318 g/mol. The lowest BCUT2D eigenvalue weighted by atomic mass is 9.95. The number of nitrogens with zero attached hydrogens (tertiary/aromatic N) is 1. The fraction of sp³-hybridized carbons (Fsp3) is 0.562. The summed E-state index contributed by atoms with van der Waals surface area (Å²) in [6, 6.07) is 5.08. The Morgan fingerprint density at radius 3 is 2.78 bits per heavy atom. The van der Waals surface area contributed by atoms with Gasteiger partial charge < -0.3 is 16.0 Å². The fourth-order valence-electron chi connectivity index (χ4n) is 2.87. The summed E-state index contributed by atoms with van der Waals surface area (Å²) in [5.74, 6) is 0.100. The van der Waals surface area contributed by atoms with E-state index in [-0.39, 0.29) is 17.6 Å². The zero-order valence-electron chi connectivity index (χ0n) is 13.2. The van der Waals surface area contributed by atoms with Crippen molar-refractivity contribution >= 4 is 17.3 Å². The monoisotopic (exact) mass is 318 g/mol. The number of carbonyl (C=O) groups is 1. The third kappa shape index (κ3) is 3.79. The molecular formula is C16H22N4O3. The third-order valence-corrected chi connectivity index (χ3v) is 4.50. The molecule has 0 bridgehead atoms. The van der Waals surface area contributed by atoms with Crippen molar-refractivity contribution in [2.24, 2.45) is 5.92 Å². The van der Waals surface area contributed by atoms with Gasteiger partial charge in [0.15, 0.2) is 0 Å². The molecule has 7 nitrogen and oxygen atoms in total. The Labute approximate surface area is 135 Å². The first-order chi connectivity index (χ1) is 11.0. The van der Waals surface area contributed by atoms with Gasteiger partial charge in [0.2, 0.25) is 0 Å². The maximum Gasteiger partial charge on any atom is 0.293 e. The molecule has 0 radical (unpaired) electrons. The van der Waals surface area contributed by atoms with Gasteiger partial charge in [-0.15, -0.1) is 0 Å². The number of hydrogen-bond donors (Lipinski definition) is 3. The van der Waals surface area contributed by atoms with Crippen molar-refractivity contribution in [1.29, 1.82) is 0 Å². The molecule has 1 aromatic rings. The van der Waals surface area contributed by atoms with Crippen molar-refractivity contribution < 1.29 is 9.72 Å². The van der Waals surface area contributed by atoms with Crippen LogP contribution in [0.15, 0.2) is 18.2 Å². The van der Waals surface area contributed by atoms with Gasteiger partial charge in [-0.25, -0.2) is 0 Å². The number of anilines is 1. The first-order valence-corrected chi connectivity index (χ1v) is 8.11. The van der Waals surface area contributed by atoms with Gasteiger partial charge in [-0.2, -0.15) is 0 Å². The minimum atomic E-state index is -0.436. The average Bonchev–Trinajstić information content (AvgIpc) is 3.33. The molecule has 1 saturated carbocycles. The van der Waals surface area contributed by atoms with Crippen molar-refractivity contribution in [1.82, 2.24) is 10.6 Å². The largest absolute Gasteiger partial charge is 0.377 e. The Morgan fingerprint density at radius 1 is 1.35 bits per heavy atom. The van der Waals surface area contributed by atoms with E-state index in [0.717, 1.165) is 32.4 Å². The van der Waals surface area contributed by atoms with E-state index in [1.54, 1.807) is 12.1 Å². The number of nitro groups is 1. The summed E-state index contributed by atoms with van der Waals surface area (Å²) in [4.78, 5) is 23.2. The lowest BCUT2D eigenvalue weighted by Gasteiger charge is -2.30. The van der Waals surface area contributed by atoms with E-state index in [1.165, 1.54) is 6.07 Å². The van der Waals surface area contributed by atoms with Crippen LogP contribution in [0, 0.1) is 16.0 Å². The molecule has 2 atom stereocenters. The van der Waals surface area contributed by atoms with E-state index >= 15 is 0 Å². The minimum absolute atomic E-state index is 0.0390. The van der Waals surface area contributed by atoms with Gasteiger partial charge in [-0.1, -0.05) is 6.92 Å². The highest BCUT2D eigenvalue weighted by atomic mass is 16.6. The van der Waals surface area contributed by atoms with Crippen LogP contribution in [-0.2, 0) is 0 Å². The number of nitro benzene ring substituents is 1. The van der Waals surface area contributed by atoms with Crippen LogP contribution in [-0.4, -0.2) is 36.0 Å². The molecule has 124 valence electrons. The van der Waals surface area contributed by atoms with Gasteiger partial charge in [-0.3, -0.25) is 14.9 Å². The SMILES string of the molecule is CC1CNCCC1NC(=O)c1ccc(NC2CC2)c([N+](=O)[O-])c1. The zero-order chi connectivity index (χ0) is 16.4. The number of piperidine rings is 1. The second-order valence-electron chi connectivity index (χ2n) is 6.46. The lowest BCUT2D eigenvalue weighted by molar-refractivity contribution is -0.384. The maximum atomic E-state index is 12.4. The fourth-order valence-corrected chi connectivity index (χ4v) is 2.87. The number of amides is 1. The molecule has 2 fully saturated rings. The quantitative estimate of drug-likeness (QED) is 0.569. The van der Waals surface area contributed by atoms with Gasteiger partial charge in [0.25, 0.3) is 11.6 Å². The Kier molecular flexibility index (Phi) is 4.47. The molecule has 0 aromatic heterocycles. The van der Waals surface area contributed by atoms with E-state index in [9.17, 15) is 14.9 Å².